The summed E-state index contributed by atoms with van der Waals surface area (Å²) in [6.45, 7) is 8.54. The maximum atomic E-state index is 13.2. The topological polar surface area (TPSA) is 49.8 Å². The van der Waals surface area contributed by atoms with E-state index >= 15 is 0 Å². The third kappa shape index (κ3) is 39.8. The second-order valence-corrected chi connectivity index (χ2v) is 18.5. The number of hydrogen-bond acceptors (Lipinski definition) is 2. The molecule has 0 saturated heterocycles. The van der Waals surface area contributed by atoms with E-state index in [0.29, 0.717) is 19.7 Å². The van der Waals surface area contributed by atoms with E-state index in [0.717, 1.165) is 44.9 Å². The van der Waals surface area contributed by atoms with Gasteiger partial charge >= 0.3 is 7.75 Å². The summed E-state index contributed by atoms with van der Waals surface area (Å²) in [5, 5.41) is 0. The molecule has 0 heterocycles. The minimum atomic E-state index is -3.70. The smallest absolute Gasteiger partial charge is 0.312 e. The lowest BCUT2D eigenvalue weighted by atomic mass is 10.0. The van der Waals surface area contributed by atoms with Gasteiger partial charge in [0.05, 0.1) is 6.61 Å². The van der Waals surface area contributed by atoms with Gasteiger partial charge in [-0.05, 0) is 19.3 Å². The highest BCUT2D eigenvalue weighted by atomic mass is 31.2. The summed E-state index contributed by atoms with van der Waals surface area (Å²) in [5.41, 5.74) is 0. The van der Waals surface area contributed by atoms with Gasteiger partial charge in [0.2, 0.25) is 0 Å². The Hall–Kier alpha value is 0.110. The Morgan fingerprint density at radius 3 is 0.750 bits per heavy atom. The van der Waals surface area contributed by atoms with Gasteiger partial charge < -0.3 is 4.89 Å². The summed E-state index contributed by atoms with van der Waals surface area (Å²) in [6.07, 6.45) is 55.0. The molecule has 0 bridgehead atoms. The summed E-state index contributed by atoms with van der Waals surface area (Å²) in [6, 6.07) is 0. The van der Waals surface area contributed by atoms with E-state index < -0.39 is 7.75 Å². The van der Waals surface area contributed by atoms with E-state index in [-0.39, 0.29) is 0 Å². The van der Waals surface area contributed by atoms with Gasteiger partial charge in [-0.1, -0.05) is 265 Å². The molecule has 0 saturated carbocycles. The van der Waals surface area contributed by atoms with E-state index in [1.807, 2.05) is 0 Å². The molecule has 5 heteroatoms. The van der Waals surface area contributed by atoms with Crippen molar-refractivity contribution in [1.29, 1.82) is 0 Å². The van der Waals surface area contributed by atoms with Crippen molar-refractivity contribution >= 4 is 7.75 Å². The zero-order valence-electron chi connectivity index (χ0n) is 36.3. The van der Waals surface area contributed by atoms with Crippen LogP contribution in [0.1, 0.15) is 284 Å². The van der Waals surface area contributed by atoms with Gasteiger partial charge in [-0.3, -0.25) is 4.52 Å². The molecule has 0 spiro atoms. The average Bonchev–Trinajstić information content (AvgIpc) is 3.14. The van der Waals surface area contributed by atoms with Crippen LogP contribution in [0.4, 0.5) is 0 Å². The van der Waals surface area contributed by atoms with E-state index in [2.05, 4.69) is 20.8 Å². The normalized spacial score (nSPS) is 13.0. The third-order valence-corrected chi connectivity index (χ3v) is 13.0. The van der Waals surface area contributed by atoms with Crippen LogP contribution in [0.25, 0.3) is 0 Å². The van der Waals surface area contributed by atoms with Crippen molar-refractivity contribution in [1.82, 2.24) is 4.67 Å². The molecule has 0 aromatic heterocycles. The molecule has 1 atom stereocenters. The molecule has 4 nitrogen and oxygen atoms in total. The monoisotopic (exact) mass is 756 g/mol. The van der Waals surface area contributed by atoms with Gasteiger partial charge in [0, 0.05) is 13.1 Å². The van der Waals surface area contributed by atoms with Crippen LogP contribution in [-0.2, 0) is 9.09 Å². The third-order valence-electron chi connectivity index (χ3n) is 11.4. The van der Waals surface area contributed by atoms with Crippen LogP contribution < -0.4 is 0 Å². The Morgan fingerprint density at radius 1 is 0.327 bits per heavy atom. The molecule has 1 N–H and O–H groups in total. The molecule has 0 rings (SSSR count). The molecule has 0 aliphatic heterocycles. The second-order valence-electron chi connectivity index (χ2n) is 16.7. The van der Waals surface area contributed by atoms with Gasteiger partial charge in [0.25, 0.3) is 0 Å². The first-order chi connectivity index (χ1) is 25.6. The Morgan fingerprint density at radius 2 is 0.519 bits per heavy atom. The van der Waals surface area contributed by atoms with Crippen molar-refractivity contribution in [3.05, 3.63) is 0 Å². The van der Waals surface area contributed by atoms with Crippen LogP contribution >= 0.6 is 7.75 Å². The minimum absolute atomic E-state index is 0.399. The minimum Gasteiger partial charge on any atom is -0.312 e. The standard InChI is InChI=1S/C47H98NO3P/c1-4-7-10-12-14-16-18-20-22-24-26-28-30-32-34-36-38-40-42-45-48(52(49,50)51-47-44-9-6-3)46-43-41-39-37-35-33-31-29-27-25-23-21-19-17-15-13-11-8-5-2/h4-47H2,1-3H3,(H,49,50). The van der Waals surface area contributed by atoms with Gasteiger partial charge in [-0.25, -0.2) is 9.24 Å². The summed E-state index contributed by atoms with van der Waals surface area (Å²) in [7, 11) is -3.70. The fraction of sp³-hybridized carbons (Fsp3) is 1.00. The van der Waals surface area contributed by atoms with Gasteiger partial charge in [-0.2, -0.15) is 0 Å². The Kier molecular flexibility index (Phi) is 43.9. The van der Waals surface area contributed by atoms with Gasteiger partial charge in [0.1, 0.15) is 0 Å². The lowest BCUT2D eigenvalue weighted by molar-refractivity contribution is 0.194. The summed E-state index contributed by atoms with van der Waals surface area (Å²) >= 11 is 0. The summed E-state index contributed by atoms with van der Waals surface area (Å²) in [4.78, 5) is 10.8. The first-order valence-electron chi connectivity index (χ1n) is 24.3. The molecule has 52 heavy (non-hydrogen) atoms. The molecule has 0 fully saturated rings. The first-order valence-corrected chi connectivity index (χ1v) is 25.8. The maximum absolute atomic E-state index is 13.2. The molecule has 0 aliphatic carbocycles. The average molecular weight is 756 g/mol. The number of rotatable bonds is 46. The van der Waals surface area contributed by atoms with Crippen molar-refractivity contribution in [3.8, 4) is 0 Å². The van der Waals surface area contributed by atoms with E-state index in [1.165, 1.54) is 218 Å². The van der Waals surface area contributed by atoms with Crippen LogP contribution in [0.5, 0.6) is 0 Å². The zero-order chi connectivity index (χ0) is 37.9. The van der Waals surface area contributed by atoms with Crippen LogP contribution in [0.3, 0.4) is 0 Å². The number of unbranched alkanes of at least 4 members (excludes halogenated alkanes) is 38. The van der Waals surface area contributed by atoms with Crippen LogP contribution in [0, 0.1) is 0 Å². The predicted octanol–water partition coefficient (Wildman–Crippen LogP) is 17.5. The van der Waals surface area contributed by atoms with Crippen molar-refractivity contribution in [3.63, 3.8) is 0 Å². The van der Waals surface area contributed by atoms with Crippen molar-refractivity contribution in [2.24, 2.45) is 0 Å². The highest BCUT2D eigenvalue weighted by Crippen LogP contribution is 2.47. The lowest BCUT2D eigenvalue weighted by Crippen LogP contribution is -2.24. The van der Waals surface area contributed by atoms with Gasteiger partial charge in [0.15, 0.2) is 0 Å². The Labute approximate surface area is 329 Å². The van der Waals surface area contributed by atoms with E-state index in [1.54, 1.807) is 4.67 Å². The Bertz CT molecular complexity index is 662. The molecule has 0 radical (unpaired) electrons. The molecular formula is C47H98NO3P. The van der Waals surface area contributed by atoms with Crippen LogP contribution in [0.2, 0.25) is 0 Å². The molecule has 0 aromatic carbocycles. The summed E-state index contributed by atoms with van der Waals surface area (Å²) < 4.78 is 20.6. The van der Waals surface area contributed by atoms with Crippen molar-refractivity contribution < 1.29 is 14.0 Å². The number of nitrogens with zero attached hydrogens (tertiary/aromatic N) is 1. The molecule has 314 valence electrons. The zero-order valence-corrected chi connectivity index (χ0v) is 37.2. The Balaban J connectivity index is 3.86. The largest absolute Gasteiger partial charge is 0.405 e. The molecule has 1 unspecified atom stereocenters. The second kappa shape index (κ2) is 43.8. The van der Waals surface area contributed by atoms with Crippen molar-refractivity contribution in [2.75, 3.05) is 19.7 Å². The molecular weight excluding hydrogens is 657 g/mol. The lowest BCUT2D eigenvalue weighted by Gasteiger charge is -2.26. The quantitative estimate of drug-likeness (QED) is 0.0496. The fourth-order valence-corrected chi connectivity index (χ4v) is 9.05. The van der Waals surface area contributed by atoms with E-state index in [4.69, 9.17) is 4.52 Å². The van der Waals surface area contributed by atoms with Crippen molar-refractivity contribution in [2.45, 2.75) is 284 Å². The maximum Gasteiger partial charge on any atom is 0.405 e. The number of hydrogen-bond donors (Lipinski definition) is 1. The van der Waals surface area contributed by atoms with Gasteiger partial charge in [-0.15, -0.1) is 0 Å². The SMILES string of the molecule is CCCCCCCCCCCCCCCCCCCCCN(CCCCCCCCCCCCCCCCCCCCC)P(=O)(O)OCCCCC. The molecule has 0 aliphatic rings. The summed E-state index contributed by atoms with van der Waals surface area (Å²) in [5.74, 6) is 0. The molecule has 0 aromatic rings. The fourth-order valence-electron chi connectivity index (χ4n) is 7.73. The molecule has 0 amide bonds. The van der Waals surface area contributed by atoms with Crippen LogP contribution in [0.15, 0.2) is 0 Å². The first kappa shape index (κ1) is 52.1. The highest BCUT2D eigenvalue weighted by Gasteiger charge is 2.28. The highest BCUT2D eigenvalue weighted by molar-refractivity contribution is 7.50. The van der Waals surface area contributed by atoms with E-state index in [9.17, 15) is 9.46 Å². The van der Waals surface area contributed by atoms with Crippen LogP contribution in [-0.4, -0.2) is 29.3 Å². The predicted molar refractivity (Wildman–Crippen MR) is 234 cm³/mol.